The fourth-order valence-corrected chi connectivity index (χ4v) is 1.78. The van der Waals surface area contributed by atoms with Crippen LogP contribution in [0.3, 0.4) is 0 Å². The van der Waals surface area contributed by atoms with Crippen molar-refractivity contribution in [3.63, 3.8) is 0 Å². The van der Waals surface area contributed by atoms with E-state index in [0.29, 0.717) is 6.42 Å². The first-order chi connectivity index (χ1) is 8.43. The zero-order chi connectivity index (χ0) is 13.7. The zero-order valence-electron chi connectivity index (χ0n) is 10.00. The fraction of sp³-hybridized carbons (Fsp3) is 0.636. The maximum Gasteiger partial charge on any atom is 0.370 e. The van der Waals surface area contributed by atoms with Crippen molar-refractivity contribution in [3.8, 4) is 0 Å². The summed E-state index contributed by atoms with van der Waals surface area (Å²) in [5.74, 6) is -1.66. The quantitative estimate of drug-likeness (QED) is 0.503. The summed E-state index contributed by atoms with van der Waals surface area (Å²) >= 11 is 0. The third-order valence-corrected chi connectivity index (χ3v) is 2.60. The van der Waals surface area contributed by atoms with Crippen LogP contribution in [0, 0.1) is 0 Å². The molecular formula is C11H17NO6. The topological polar surface area (TPSA) is 116 Å². The number of carbonyl (C=O) groups excluding carboxylic acids is 1. The molecule has 3 atom stereocenters. The van der Waals surface area contributed by atoms with Crippen molar-refractivity contribution in [2.75, 3.05) is 6.61 Å². The zero-order valence-corrected chi connectivity index (χ0v) is 10.00. The molecule has 0 aromatic rings. The van der Waals surface area contributed by atoms with Crippen LogP contribution in [0.2, 0.25) is 0 Å². The van der Waals surface area contributed by atoms with E-state index in [2.05, 4.69) is 5.32 Å². The van der Waals surface area contributed by atoms with Crippen molar-refractivity contribution in [2.24, 2.45) is 0 Å². The van der Waals surface area contributed by atoms with Gasteiger partial charge in [0, 0.05) is 13.3 Å². The standard InChI is InChI=1S/C11H17NO6/c1-6(14)12-8-2-3-9(11(16)17)18-10(8)4-7(15)5-13/h3,7-8,10,13,15H,2,4-5H2,1H3,(H,12,14)(H,16,17)/t7-,8-,10+/m1/s1. The van der Waals surface area contributed by atoms with Crippen molar-refractivity contribution < 1.29 is 29.6 Å². The minimum atomic E-state index is -1.19. The first-order valence-electron chi connectivity index (χ1n) is 5.60. The van der Waals surface area contributed by atoms with Gasteiger partial charge in [0.05, 0.1) is 18.8 Å². The largest absolute Gasteiger partial charge is 0.481 e. The molecule has 0 aromatic heterocycles. The van der Waals surface area contributed by atoms with E-state index in [-0.39, 0.29) is 18.1 Å². The lowest BCUT2D eigenvalue weighted by molar-refractivity contribution is -0.139. The summed E-state index contributed by atoms with van der Waals surface area (Å²) < 4.78 is 5.21. The molecule has 0 aliphatic carbocycles. The minimum absolute atomic E-state index is 0.0477. The summed E-state index contributed by atoms with van der Waals surface area (Å²) in [6, 6.07) is -0.410. The average molecular weight is 259 g/mol. The summed E-state index contributed by atoms with van der Waals surface area (Å²) in [6.07, 6.45) is 0.0486. The number of carboxylic acids is 1. The van der Waals surface area contributed by atoms with Gasteiger partial charge in [-0.05, 0) is 12.5 Å². The molecule has 0 spiro atoms. The van der Waals surface area contributed by atoms with Crippen molar-refractivity contribution >= 4 is 11.9 Å². The predicted molar refractivity (Wildman–Crippen MR) is 60.5 cm³/mol. The third-order valence-electron chi connectivity index (χ3n) is 2.60. The number of carboxylic acid groups (broad SMARTS) is 1. The summed E-state index contributed by atoms with van der Waals surface area (Å²) in [5, 5.41) is 29.6. The van der Waals surface area contributed by atoms with Gasteiger partial charge in [-0.25, -0.2) is 4.79 Å². The molecule has 1 aliphatic heterocycles. The fourth-order valence-electron chi connectivity index (χ4n) is 1.78. The lowest BCUT2D eigenvalue weighted by Crippen LogP contribution is -2.47. The first-order valence-corrected chi connectivity index (χ1v) is 5.60. The van der Waals surface area contributed by atoms with Crippen molar-refractivity contribution in [3.05, 3.63) is 11.8 Å². The first kappa shape index (κ1) is 14.5. The molecule has 0 saturated heterocycles. The Bertz CT molecular complexity index is 353. The maximum atomic E-state index is 11.0. The highest BCUT2D eigenvalue weighted by Crippen LogP contribution is 2.21. The Balaban J connectivity index is 2.75. The van der Waals surface area contributed by atoms with E-state index >= 15 is 0 Å². The van der Waals surface area contributed by atoms with Crippen LogP contribution in [0.5, 0.6) is 0 Å². The highest BCUT2D eigenvalue weighted by atomic mass is 16.5. The number of aliphatic carboxylic acids is 1. The van der Waals surface area contributed by atoms with Gasteiger partial charge in [0.1, 0.15) is 6.10 Å². The Morgan fingerprint density at radius 2 is 2.28 bits per heavy atom. The van der Waals surface area contributed by atoms with Crippen LogP contribution in [-0.2, 0) is 14.3 Å². The lowest BCUT2D eigenvalue weighted by atomic mass is 9.98. The Morgan fingerprint density at radius 1 is 1.61 bits per heavy atom. The summed E-state index contributed by atoms with van der Waals surface area (Å²) in [6.45, 7) is 0.898. The molecule has 7 nitrogen and oxygen atoms in total. The molecule has 0 radical (unpaired) electrons. The number of aliphatic hydroxyl groups is 2. The Labute approximate surface area is 104 Å². The number of rotatable bonds is 5. The molecule has 102 valence electrons. The second-order valence-corrected chi connectivity index (χ2v) is 4.14. The van der Waals surface area contributed by atoms with Gasteiger partial charge in [-0.15, -0.1) is 0 Å². The molecule has 0 aromatic carbocycles. The predicted octanol–water partition coefficient (Wildman–Crippen LogP) is -1.01. The number of nitrogens with one attached hydrogen (secondary N) is 1. The van der Waals surface area contributed by atoms with Crippen molar-refractivity contribution in [2.45, 2.75) is 38.0 Å². The van der Waals surface area contributed by atoms with Crippen LogP contribution in [-0.4, -0.2) is 52.1 Å². The van der Waals surface area contributed by atoms with Gasteiger partial charge < -0.3 is 25.4 Å². The van der Waals surface area contributed by atoms with Crippen molar-refractivity contribution in [1.82, 2.24) is 5.32 Å². The van der Waals surface area contributed by atoms with Gasteiger partial charge in [-0.1, -0.05) is 0 Å². The highest BCUT2D eigenvalue weighted by Gasteiger charge is 2.31. The normalized spacial score (nSPS) is 24.7. The molecule has 0 bridgehead atoms. The van der Waals surface area contributed by atoms with E-state index < -0.39 is 30.8 Å². The molecule has 1 rings (SSSR count). The van der Waals surface area contributed by atoms with Crippen LogP contribution < -0.4 is 5.32 Å². The molecule has 0 saturated carbocycles. The van der Waals surface area contributed by atoms with Crippen LogP contribution in [0.4, 0.5) is 0 Å². The number of hydrogen-bond donors (Lipinski definition) is 4. The molecular weight excluding hydrogens is 242 g/mol. The van der Waals surface area contributed by atoms with Gasteiger partial charge in [-0.2, -0.15) is 0 Å². The van der Waals surface area contributed by atoms with E-state index in [1.807, 2.05) is 0 Å². The monoisotopic (exact) mass is 259 g/mol. The number of hydrogen-bond acceptors (Lipinski definition) is 5. The van der Waals surface area contributed by atoms with Gasteiger partial charge >= 0.3 is 5.97 Å². The number of carbonyl (C=O) groups is 2. The molecule has 0 fully saturated rings. The van der Waals surface area contributed by atoms with Crippen molar-refractivity contribution in [1.29, 1.82) is 0 Å². The molecule has 1 amide bonds. The van der Waals surface area contributed by atoms with Gasteiger partial charge in [0.15, 0.2) is 0 Å². The molecule has 1 heterocycles. The minimum Gasteiger partial charge on any atom is -0.481 e. The third kappa shape index (κ3) is 4.01. The molecule has 7 heteroatoms. The summed E-state index contributed by atoms with van der Waals surface area (Å²) in [7, 11) is 0. The average Bonchev–Trinajstić information content (AvgIpc) is 2.30. The van der Waals surface area contributed by atoms with Crippen LogP contribution in [0.25, 0.3) is 0 Å². The van der Waals surface area contributed by atoms with Gasteiger partial charge in [0.2, 0.25) is 11.7 Å². The molecule has 4 N–H and O–H groups in total. The second kappa shape index (κ2) is 6.36. The summed E-state index contributed by atoms with van der Waals surface area (Å²) in [4.78, 5) is 21.8. The van der Waals surface area contributed by atoms with E-state index in [1.165, 1.54) is 13.0 Å². The molecule has 18 heavy (non-hydrogen) atoms. The highest BCUT2D eigenvalue weighted by molar-refractivity contribution is 5.84. The smallest absolute Gasteiger partial charge is 0.370 e. The maximum absolute atomic E-state index is 11.0. The number of aliphatic hydroxyl groups excluding tert-OH is 2. The van der Waals surface area contributed by atoms with Gasteiger partial charge in [-0.3, -0.25) is 4.79 Å². The second-order valence-electron chi connectivity index (χ2n) is 4.14. The van der Waals surface area contributed by atoms with Gasteiger partial charge in [0.25, 0.3) is 0 Å². The van der Waals surface area contributed by atoms with Crippen LogP contribution in [0.15, 0.2) is 11.8 Å². The number of amides is 1. The lowest BCUT2D eigenvalue weighted by Gasteiger charge is -2.32. The van der Waals surface area contributed by atoms with Crippen LogP contribution >= 0.6 is 0 Å². The number of ether oxygens (including phenoxy) is 1. The SMILES string of the molecule is CC(=O)N[C@@H]1CC=C(C(=O)O)O[C@H]1C[C@@H](O)CO. The molecule has 1 aliphatic rings. The van der Waals surface area contributed by atoms with E-state index in [0.717, 1.165) is 0 Å². The van der Waals surface area contributed by atoms with E-state index in [1.54, 1.807) is 0 Å². The van der Waals surface area contributed by atoms with Crippen LogP contribution in [0.1, 0.15) is 19.8 Å². The van der Waals surface area contributed by atoms with E-state index in [9.17, 15) is 14.7 Å². The Kier molecular flexibility index (Phi) is 5.11. The summed E-state index contributed by atoms with van der Waals surface area (Å²) in [5.41, 5.74) is 0. The molecule has 0 unspecified atom stereocenters. The Morgan fingerprint density at radius 3 is 2.78 bits per heavy atom. The van der Waals surface area contributed by atoms with E-state index in [4.69, 9.17) is 14.9 Å². The Hall–Kier alpha value is -1.60.